The van der Waals surface area contributed by atoms with Crippen LogP contribution in [0.3, 0.4) is 0 Å². The van der Waals surface area contributed by atoms with Gasteiger partial charge in [-0.15, -0.1) is 0 Å². The van der Waals surface area contributed by atoms with Crippen LogP contribution in [0.4, 0.5) is 0 Å². The predicted octanol–water partition coefficient (Wildman–Crippen LogP) is 2.39. The average Bonchev–Trinajstić information content (AvgIpc) is 3.25. The third-order valence-corrected chi connectivity index (χ3v) is 9.73. The van der Waals surface area contributed by atoms with Crippen LogP contribution in [-0.4, -0.2) is 42.4 Å². The smallest absolute Gasteiger partial charge is 0.249 e. The normalized spacial score (nSPS) is 37.5. The largest absolute Gasteiger partial charge is 0.360 e. The van der Waals surface area contributed by atoms with Gasteiger partial charge in [0.1, 0.15) is 16.6 Å². The van der Waals surface area contributed by atoms with Crippen molar-refractivity contribution >= 4 is 15.9 Å². The van der Waals surface area contributed by atoms with Gasteiger partial charge in [0.25, 0.3) is 0 Å². The van der Waals surface area contributed by atoms with Crippen molar-refractivity contribution < 1.29 is 17.7 Å². The highest BCUT2D eigenvalue weighted by Crippen LogP contribution is 2.53. The summed E-state index contributed by atoms with van der Waals surface area (Å²) >= 11 is 0. The monoisotopic (exact) mass is 407 g/mol. The first kappa shape index (κ1) is 18.6. The fourth-order valence-electron chi connectivity index (χ4n) is 6.67. The fourth-order valence-corrected chi connectivity index (χ4v) is 8.62. The topological polar surface area (TPSA) is 92.5 Å². The van der Waals surface area contributed by atoms with Gasteiger partial charge in [-0.3, -0.25) is 4.79 Å². The average molecular weight is 408 g/mol. The zero-order chi connectivity index (χ0) is 19.6. The van der Waals surface area contributed by atoms with E-state index in [1.807, 2.05) is 0 Å². The molecule has 0 aromatic carbocycles. The number of aryl methyl sites for hydroxylation is 2. The van der Waals surface area contributed by atoms with Crippen molar-refractivity contribution in [3.05, 3.63) is 11.5 Å². The van der Waals surface area contributed by atoms with Crippen LogP contribution in [0.5, 0.6) is 0 Å². The van der Waals surface area contributed by atoms with Crippen LogP contribution in [-0.2, 0) is 14.8 Å². The second-order valence-corrected chi connectivity index (χ2v) is 11.2. The standard InChI is InChI=1S/C20H29N3O4S/c1-11-19(12(2)27-22-11)28(25,26)23-5-3-4-17(23)20(24)21-18-15-7-13-6-14(9-15)10-16(18)8-13/h13-18H,3-10H2,1-2H3,(H,21,24)/t13?,14?,15?,16?,17-,18?/m0/s1. The maximum Gasteiger partial charge on any atom is 0.249 e. The zero-order valence-corrected chi connectivity index (χ0v) is 17.4. The number of carbonyl (C=O) groups is 1. The molecule has 0 unspecified atom stereocenters. The molecule has 0 spiro atoms. The van der Waals surface area contributed by atoms with E-state index in [0.29, 0.717) is 36.9 Å². The molecule has 6 rings (SSSR count). The molecular weight excluding hydrogens is 378 g/mol. The minimum Gasteiger partial charge on any atom is -0.360 e. The van der Waals surface area contributed by atoms with E-state index in [-0.39, 0.29) is 22.6 Å². The van der Waals surface area contributed by atoms with E-state index < -0.39 is 16.1 Å². The van der Waals surface area contributed by atoms with Gasteiger partial charge >= 0.3 is 0 Å². The maximum absolute atomic E-state index is 13.2. The molecule has 1 aliphatic heterocycles. The number of sulfonamides is 1. The maximum atomic E-state index is 13.2. The first-order valence-electron chi connectivity index (χ1n) is 10.6. The Bertz CT molecular complexity index is 846. The highest BCUT2D eigenvalue weighted by atomic mass is 32.2. The summed E-state index contributed by atoms with van der Waals surface area (Å²) in [5, 5.41) is 7.08. The Labute approximate surface area is 166 Å². The first-order chi connectivity index (χ1) is 13.3. The predicted molar refractivity (Wildman–Crippen MR) is 102 cm³/mol. The summed E-state index contributed by atoms with van der Waals surface area (Å²) in [4.78, 5) is 13.3. The lowest BCUT2D eigenvalue weighted by molar-refractivity contribution is -0.128. The number of aromatic nitrogens is 1. The van der Waals surface area contributed by atoms with Crippen LogP contribution in [0.1, 0.15) is 56.4 Å². The molecular formula is C20H29N3O4S. The molecule has 5 aliphatic rings. The van der Waals surface area contributed by atoms with E-state index >= 15 is 0 Å². The number of hydrogen-bond acceptors (Lipinski definition) is 5. The van der Waals surface area contributed by atoms with Gasteiger partial charge in [0.15, 0.2) is 5.76 Å². The molecule has 2 heterocycles. The molecule has 1 amide bonds. The number of nitrogens with one attached hydrogen (secondary N) is 1. The molecule has 1 aromatic heterocycles. The van der Waals surface area contributed by atoms with E-state index in [9.17, 15) is 13.2 Å². The zero-order valence-electron chi connectivity index (χ0n) is 16.6. The van der Waals surface area contributed by atoms with Crippen LogP contribution in [0, 0.1) is 37.5 Å². The van der Waals surface area contributed by atoms with Crippen molar-refractivity contribution in [2.24, 2.45) is 23.7 Å². The second kappa shape index (κ2) is 6.55. The van der Waals surface area contributed by atoms with Crippen molar-refractivity contribution in [2.45, 2.75) is 75.8 Å². The molecule has 154 valence electrons. The van der Waals surface area contributed by atoms with E-state index in [0.717, 1.165) is 11.8 Å². The van der Waals surface area contributed by atoms with Gasteiger partial charge in [0.2, 0.25) is 15.9 Å². The summed E-state index contributed by atoms with van der Waals surface area (Å²) < 4.78 is 32.9. The van der Waals surface area contributed by atoms with Crippen LogP contribution >= 0.6 is 0 Å². The molecule has 1 atom stereocenters. The molecule has 4 saturated carbocycles. The highest BCUT2D eigenvalue weighted by Gasteiger charge is 2.50. The van der Waals surface area contributed by atoms with Gasteiger partial charge in [-0.05, 0) is 82.5 Å². The lowest BCUT2D eigenvalue weighted by atomic mass is 9.54. The molecule has 4 bridgehead atoms. The minimum absolute atomic E-state index is 0.113. The Kier molecular flexibility index (Phi) is 4.36. The number of nitrogens with zero attached hydrogens (tertiary/aromatic N) is 2. The molecule has 28 heavy (non-hydrogen) atoms. The Morgan fingerprint density at radius 1 is 1.11 bits per heavy atom. The fraction of sp³-hybridized carbons (Fsp3) is 0.800. The summed E-state index contributed by atoms with van der Waals surface area (Å²) in [6, 6.07) is -0.402. The van der Waals surface area contributed by atoms with Crippen molar-refractivity contribution in [1.29, 1.82) is 0 Å². The number of carbonyl (C=O) groups excluding carboxylic acids is 1. The van der Waals surface area contributed by atoms with E-state index in [1.54, 1.807) is 13.8 Å². The molecule has 8 heteroatoms. The van der Waals surface area contributed by atoms with Gasteiger partial charge < -0.3 is 9.84 Å². The molecule has 1 aromatic rings. The van der Waals surface area contributed by atoms with Gasteiger partial charge in [-0.1, -0.05) is 5.16 Å². The Hall–Kier alpha value is -1.41. The van der Waals surface area contributed by atoms with E-state index in [2.05, 4.69) is 10.5 Å². The lowest BCUT2D eigenvalue weighted by Gasteiger charge is -2.54. The van der Waals surface area contributed by atoms with Gasteiger partial charge in [0, 0.05) is 12.6 Å². The van der Waals surface area contributed by atoms with Crippen molar-refractivity contribution in [3.8, 4) is 0 Å². The SMILES string of the molecule is Cc1noc(C)c1S(=O)(=O)N1CCC[C@H]1C(=O)NC1C2CC3CC(C2)CC1C3. The third-order valence-electron chi connectivity index (χ3n) is 7.58. The molecule has 1 saturated heterocycles. The minimum atomic E-state index is -3.80. The Balaban J connectivity index is 1.35. The number of amides is 1. The number of hydrogen-bond donors (Lipinski definition) is 1. The lowest BCUT2D eigenvalue weighted by Crippen LogP contribution is -2.58. The summed E-state index contributed by atoms with van der Waals surface area (Å²) in [7, 11) is -3.80. The summed E-state index contributed by atoms with van der Waals surface area (Å²) in [5.74, 6) is 3.01. The summed E-state index contributed by atoms with van der Waals surface area (Å²) in [6.07, 6.45) is 7.55. The van der Waals surface area contributed by atoms with E-state index in [4.69, 9.17) is 4.52 Å². The van der Waals surface area contributed by atoms with E-state index in [1.165, 1.54) is 36.4 Å². The van der Waals surface area contributed by atoms with Crippen LogP contribution in [0.2, 0.25) is 0 Å². The van der Waals surface area contributed by atoms with Gasteiger partial charge in [-0.25, -0.2) is 8.42 Å². The van der Waals surface area contributed by atoms with Gasteiger partial charge in [0.05, 0.1) is 0 Å². The highest BCUT2D eigenvalue weighted by molar-refractivity contribution is 7.89. The first-order valence-corrected chi connectivity index (χ1v) is 12.0. The van der Waals surface area contributed by atoms with Crippen molar-refractivity contribution in [1.82, 2.24) is 14.8 Å². The molecule has 7 nitrogen and oxygen atoms in total. The molecule has 5 fully saturated rings. The third kappa shape index (κ3) is 2.83. The van der Waals surface area contributed by atoms with Crippen molar-refractivity contribution in [3.63, 3.8) is 0 Å². The van der Waals surface area contributed by atoms with Gasteiger partial charge in [-0.2, -0.15) is 4.31 Å². The molecule has 1 N–H and O–H groups in total. The number of rotatable bonds is 4. The second-order valence-electron chi connectivity index (χ2n) is 9.39. The van der Waals surface area contributed by atoms with Crippen LogP contribution in [0.25, 0.3) is 0 Å². The van der Waals surface area contributed by atoms with Crippen LogP contribution in [0.15, 0.2) is 9.42 Å². The summed E-state index contributed by atoms with van der Waals surface area (Å²) in [5.41, 5.74) is 0.351. The Morgan fingerprint density at radius 2 is 1.75 bits per heavy atom. The molecule has 0 radical (unpaired) electrons. The quantitative estimate of drug-likeness (QED) is 0.827. The van der Waals surface area contributed by atoms with Crippen molar-refractivity contribution in [2.75, 3.05) is 6.54 Å². The van der Waals surface area contributed by atoms with Crippen LogP contribution < -0.4 is 5.32 Å². The Morgan fingerprint density at radius 3 is 2.32 bits per heavy atom. The summed E-state index contributed by atoms with van der Waals surface area (Å²) in [6.45, 7) is 3.60. The molecule has 4 aliphatic carbocycles.